The van der Waals surface area contributed by atoms with Crippen LogP contribution in [-0.4, -0.2) is 43.5 Å². The fourth-order valence-corrected chi connectivity index (χ4v) is 3.75. The van der Waals surface area contributed by atoms with Crippen molar-refractivity contribution in [2.24, 2.45) is 5.41 Å². The molecule has 0 spiro atoms. The van der Waals surface area contributed by atoms with Gasteiger partial charge in [0.15, 0.2) is 0 Å². The zero-order valence-electron chi connectivity index (χ0n) is 18.1. The number of para-hydroxylation sites is 1. The number of aliphatic hydroxyl groups excluding tert-OH is 2. The first kappa shape index (κ1) is 23.8. The Balaban J connectivity index is 1.90. The molecular formula is C21H27N3O8. The van der Waals surface area contributed by atoms with Gasteiger partial charge in [-0.3, -0.25) is 24.5 Å². The van der Waals surface area contributed by atoms with Crippen LogP contribution in [0.4, 0.5) is 5.69 Å². The van der Waals surface area contributed by atoms with Crippen molar-refractivity contribution in [1.29, 1.82) is 0 Å². The van der Waals surface area contributed by atoms with Gasteiger partial charge in [0.2, 0.25) is 0 Å². The number of nitrogens with one attached hydrogen (secondary N) is 1. The van der Waals surface area contributed by atoms with Crippen LogP contribution < -0.4 is 11.2 Å². The second-order valence-corrected chi connectivity index (χ2v) is 8.81. The first-order valence-electron chi connectivity index (χ1n) is 10.2. The molecule has 0 aliphatic carbocycles. The van der Waals surface area contributed by atoms with Crippen molar-refractivity contribution in [2.75, 3.05) is 6.61 Å². The largest absolute Gasteiger partial charge is 0.394 e. The Hall–Kier alpha value is -2.86. The molecule has 1 fully saturated rings. The number of hydrogen-bond donors (Lipinski definition) is 3. The maximum absolute atomic E-state index is 12.4. The van der Waals surface area contributed by atoms with Gasteiger partial charge in [-0.15, -0.1) is 0 Å². The third-order valence-corrected chi connectivity index (χ3v) is 5.34. The summed E-state index contributed by atoms with van der Waals surface area (Å²) in [6.07, 6.45) is -2.00. The molecule has 3 N–H and O–H groups in total. The summed E-state index contributed by atoms with van der Waals surface area (Å²) >= 11 is 0. The second-order valence-electron chi connectivity index (χ2n) is 8.81. The van der Waals surface area contributed by atoms with Crippen molar-refractivity contribution in [3.63, 3.8) is 0 Å². The van der Waals surface area contributed by atoms with Crippen LogP contribution in [-0.2, 0) is 16.1 Å². The van der Waals surface area contributed by atoms with E-state index in [-0.39, 0.29) is 24.3 Å². The fraction of sp³-hybridized carbons (Fsp3) is 0.524. The highest BCUT2D eigenvalue weighted by Gasteiger charge is 2.36. The molecule has 11 nitrogen and oxygen atoms in total. The highest BCUT2D eigenvalue weighted by atomic mass is 16.6. The number of hydrogen-bond acceptors (Lipinski definition) is 8. The average Bonchev–Trinajstić information content (AvgIpc) is 3.09. The first-order chi connectivity index (χ1) is 15.0. The lowest BCUT2D eigenvalue weighted by Gasteiger charge is -2.30. The van der Waals surface area contributed by atoms with E-state index in [0.29, 0.717) is 5.56 Å². The van der Waals surface area contributed by atoms with Gasteiger partial charge in [0.25, 0.3) is 11.2 Å². The predicted octanol–water partition coefficient (Wildman–Crippen LogP) is 1.39. The van der Waals surface area contributed by atoms with Crippen LogP contribution >= 0.6 is 0 Å². The van der Waals surface area contributed by atoms with Gasteiger partial charge in [-0.25, -0.2) is 4.79 Å². The summed E-state index contributed by atoms with van der Waals surface area (Å²) in [5.74, 6) is 0. The van der Waals surface area contributed by atoms with Crippen molar-refractivity contribution in [3.8, 4) is 0 Å². The first-order valence-corrected chi connectivity index (χ1v) is 10.2. The van der Waals surface area contributed by atoms with Gasteiger partial charge in [0.1, 0.15) is 12.3 Å². The van der Waals surface area contributed by atoms with E-state index in [4.69, 9.17) is 9.47 Å². The number of nitro benzene ring substituents is 1. The topological polar surface area (TPSA) is 157 Å². The minimum absolute atomic E-state index is 0.0678. The number of aliphatic hydroxyl groups is 2. The molecule has 1 aliphatic rings. The van der Waals surface area contributed by atoms with Crippen LogP contribution in [0.15, 0.2) is 40.1 Å². The number of aromatic nitrogens is 2. The molecular weight excluding hydrogens is 422 g/mol. The van der Waals surface area contributed by atoms with Crippen LogP contribution in [0, 0.1) is 15.5 Å². The Morgan fingerprint density at radius 2 is 2.03 bits per heavy atom. The molecule has 0 saturated carbocycles. The summed E-state index contributed by atoms with van der Waals surface area (Å²) in [4.78, 5) is 37.9. The number of nitro groups is 1. The Morgan fingerprint density at radius 1 is 1.34 bits per heavy atom. The lowest BCUT2D eigenvalue weighted by Crippen LogP contribution is -2.35. The Morgan fingerprint density at radius 3 is 2.62 bits per heavy atom. The van der Waals surface area contributed by atoms with Gasteiger partial charge in [-0.2, -0.15) is 0 Å². The average molecular weight is 449 g/mol. The zero-order valence-corrected chi connectivity index (χ0v) is 18.1. The van der Waals surface area contributed by atoms with Gasteiger partial charge < -0.3 is 19.7 Å². The maximum Gasteiger partial charge on any atom is 0.330 e. The Bertz CT molecular complexity index is 1090. The number of H-pyrrole nitrogens is 1. The Labute approximate surface area is 183 Å². The zero-order chi connectivity index (χ0) is 23.6. The monoisotopic (exact) mass is 449 g/mol. The maximum atomic E-state index is 12.4. The SMILES string of the molecule is CC(C)(C)[C@H](OCc1cn([C@H]2CC(O)[C@@H](CO)O2)c(=O)[nH]c1=O)c1ccccc1[N+](=O)[O-]. The molecule has 3 rings (SSSR count). The van der Waals surface area contributed by atoms with Gasteiger partial charge in [-0.1, -0.05) is 32.9 Å². The second kappa shape index (κ2) is 9.33. The van der Waals surface area contributed by atoms with Gasteiger partial charge >= 0.3 is 5.69 Å². The molecule has 2 aromatic rings. The van der Waals surface area contributed by atoms with E-state index in [1.54, 1.807) is 18.2 Å². The summed E-state index contributed by atoms with van der Waals surface area (Å²) in [5, 5.41) is 30.7. The van der Waals surface area contributed by atoms with E-state index in [1.165, 1.54) is 12.3 Å². The third kappa shape index (κ3) is 4.96. The smallest absolute Gasteiger partial charge is 0.330 e. The minimum Gasteiger partial charge on any atom is -0.394 e. The van der Waals surface area contributed by atoms with E-state index in [1.807, 2.05) is 20.8 Å². The molecule has 1 aromatic carbocycles. The molecule has 11 heteroatoms. The van der Waals surface area contributed by atoms with E-state index >= 15 is 0 Å². The number of benzene rings is 1. The standard InChI is InChI=1S/C21H27N3O8/c1-21(2,3)18(13-6-4-5-7-14(13)24(29)30)31-11-12-9-23(20(28)22-19(12)27)17-8-15(26)16(10-25)32-17/h4-7,9,15-18,25-26H,8,10-11H2,1-3H3,(H,22,27,28)/t15?,16-,17-,18-/m1/s1. The lowest BCUT2D eigenvalue weighted by atomic mass is 9.84. The van der Waals surface area contributed by atoms with Crippen LogP contribution in [0.5, 0.6) is 0 Å². The highest BCUT2D eigenvalue weighted by Crippen LogP contribution is 2.40. The van der Waals surface area contributed by atoms with Crippen molar-refractivity contribution in [1.82, 2.24) is 9.55 Å². The van der Waals surface area contributed by atoms with Gasteiger partial charge in [-0.05, 0) is 11.5 Å². The molecule has 174 valence electrons. The lowest BCUT2D eigenvalue weighted by molar-refractivity contribution is -0.386. The molecule has 32 heavy (non-hydrogen) atoms. The van der Waals surface area contributed by atoms with Crippen molar-refractivity contribution >= 4 is 5.69 Å². The summed E-state index contributed by atoms with van der Waals surface area (Å²) in [6.45, 7) is 4.96. The summed E-state index contributed by atoms with van der Waals surface area (Å²) in [5.41, 5.74) is -1.51. The van der Waals surface area contributed by atoms with Crippen LogP contribution in [0.3, 0.4) is 0 Å². The molecule has 0 amide bonds. The molecule has 4 atom stereocenters. The molecule has 1 aliphatic heterocycles. The summed E-state index contributed by atoms with van der Waals surface area (Å²) in [7, 11) is 0. The van der Waals surface area contributed by atoms with Crippen LogP contribution in [0.25, 0.3) is 0 Å². The predicted molar refractivity (Wildman–Crippen MR) is 113 cm³/mol. The molecule has 0 bridgehead atoms. The fourth-order valence-electron chi connectivity index (χ4n) is 3.75. The molecule has 1 aromatic heterocycles. The molecule has 2 heterocycles. The molecule has 1 unspecified atom stereocenters. The van der Waals surface area contributed by atoms with E-state index in [2.05, 4.69) is 4.98 Å². The van der Waals surface area contributed by atoms with Crippen LogP contribution in [0.1, 0.15) is 50.7 Å². The van der Waals surface area contributed by atoms with Crippen molar-refractivity contribution in [3.05, 3.63) is 72.5 Å². The van der Waals surface area contributed by atoms with Crippen molar-refractivity contribution in [2.45, 2.75) is 58.3 Å². The van der Waals surface area contributed by atoms with E-state index < -0.39 is 52.7 Å². The molecule has 1 saturated heterocycles. The number of aromatic amines is 1. The molecule has 0 radical (unpaired) electrons. The number of nitrogens with zero attached hydrogens (tertiary/aromatic N) is 2. The highest BCUT2D eigenvalue weighted by molar-refractivity contribution is 5.42. The van der Waals surface area contributed by atoms with E-state index in [0.717, 1.165) is 4.57 Å². The third-order valence-electron chi connectivity index (χ3n) is 5.34. The summed E-state index contributed by atoms with van der Waals surface area (Å²) in [6, 6.07) is 6.25. The quantitative estimate of drug-likeness (QED) is 0.423. The minimum atomic E-state index is -0.951. The van der Waals surface area contributed by atoms with Crippen LogP contribution in [0.2, 0.25) is 0 Å². The van der Waals surface area contributed by atoms with Gasteiger partial charge in [0.05, 0.1) is 41.5 Å². The number of ether oxygens (including phenoxy) is 2. The van der Waals surface area contributed by atoms with Crippen molar-refractivity contribution < 1.29 is 24.6 Å². The Kier molecular flexibility index (Phi) is 6.94. The van der Waals surface area contributed by atoms with Gasteiger partial charge in [0, 0.05) is 18.7 Å². The number of rotatable bonds is 7. The normalized spacial score (nSPS) is 22.1. The summed E-state index contributed by atoms with van der Waals surface area (Å²) < 4.78 is 12.6. The van der Waals surface area contributed by atoms with E-state index in [9.17, 15) is 29.9 Å².